The molecule has 122 valence electrons. The molecular formula is C17H16BrN5O. The molecule has 24 heavy (non-hydrogen) atoms. The van der Waals surface area contributed by atoms with Crippen molar-refractivity contribution in [3.8, 4) is 5.75 Å². The maximum Gasteiger partial charge on any atom is 0.243 e. The Kier molecular flexibility index (Phi) is 3.93. The van der Waals surface area contributed by atoms with Crippen LogP contribution in [-0.4, -0.2) is 27.3 Å². The molecule has 0 amide bonds. The molecule has 1 aromatic heterocycles. The molecule has 2 aromatic carbocycles. The highest BCUT2D eigenvalue weighted by molar-refractivity contribution is 9.10. The van der Waals surface area contributed by atoms with Crippen LogP contribution >= 0.6 is 15.9 Å². The van der Waals surface area contributed by atoms with Gasteiger partial charge in [-0.15, -0.1) is 0 Å². The highest BCUT2D eigenvalue weighted by Crippen LogP contribution is 2.37. The van der Waals surface area contributed by atoms with E-state index in [1.807, 2.05) is 16.8 Å². The summed E-state index contributed by atoms with van der Waals surface area (Å²) < 4.78 is 8.16. The van der Waals surface area contributed by atoms with E-state index >= 15 is 0 Å². The molecule has 0 radical (unpaired) electrons. The van der Waals surface area contributed by atoms with Gasteiger partial charge in [0.15, 0.2) is 0 Å². The van der Waals surface area contributed by atoms with E-state index in [2.05, 4.69) is 73.2 Å². The van der Waals surface area contributed by atoms with Crippen molar-refractivity contribution in [2.75, 3.05) is 12.4 Å². The number of fused-ring (bicyclic) bond motifs is 1. The van der Waals surface area contributed by atoms with E-state index < -0.39 is 0 Å². The summed E-state index contributed by atoms with van der Waals surface area (Å²) in [6.45, 7) is 0. The van der Waals surface area contributed by atoms with Crippen molar-refractivity contribution in [1.82, 2.24) is 20.2 Å². The van der Waals surface area contributed by atoms with Crippen molar-refractivity contribution < 1.29 is 4.74 Å². The molecular weight excluding hydrogens is 370 g/mol. The van der Waals surface area contributed by atoms with Crippen LogP contribution in [0.25, 0.3) is 0 Å². The molecule has 0 aliphatic carbocycles. The molecule has 1 N–H and O–H groups in total. The summed E-state index contributed by atoms with van der Waals surface area (Å²) in [6, 6.07) is 16.6. The molecule has 2 atom stereocenters. The van der Waals surface area contributed by atoms with Crippen LogP contribution < -0.4 is 10.1 Å². The number of hydrogen-bond donors (Lipinski definition) is 1. The lowest BCUT2D eigenvalue weighted by Crippen LogP contribution is -2.28. The van der Waals surface area contributed by atoms with Crippen LogP contribution in [0.1, 0.15) is 29.6 Å². The van der Waals surface area contributed by atoms with Crippen LogP contribution in [0.3, 0.4) is 0 Å². The largest absolute Gasteiger partial charge is 0.497 e. The van der Waals surface area contributed by atoms with Crippen LogP contribution in [-0.2, 0) is 0 Å². The number of rotatable bonds is 3. The molecule has 1 aliphatic heterocycles. The first kappa shape index (κ1) is 15.1. The fraction of sp³-hybridized carbons (Fsp3) is 0.235. The average Bonchev–Trinajstić information content (AvgIpc) is 3.10. The van der Waals surface area contributed by atoms with E-state index in [-0.39, 0.29) is 12.1 Å². The molecule has 0 fully saturated rings. The molecule has 4 rings (SSSR count). The Morgan fingerprint density at radius 3 is 2.50 bits per heavy atom. The van der Waals surface area contributed by atoms with Gasteiger partial charge in [0.2, 0.25) is 5.95 Å². The van der Waals surface area contributed by atoms with Crippen molar-refractivity contribution in [2.45, 2.75) is 18.5 Å². The number of tetrazole rings is 1. The molecule has 0 saturated heterocycles. The predicted molar refractivity (Wildman–Crippen MR) is 94.1 cm³/mol. The minimum Gasteiger partial charge on any atom is -0.497 e. The molecule has 0 saturated carbocycles. The quantitative estimate of drug-likeness (QED) is 0.745. The van der Waals surface area contributed by atoms with Gasteiger partial charge in [-0.2, -0.15) is 0 Å². The number of aromatic nitrogens is 4. The zero-order chi connectivity index (χ0) is 16.5. The van der Waals surface area contributed by atoms with E-state index in [0.29, 0.717) is 5.95 Å². The lowest BCUT2D eigenvalue weighted by molar-refractivity contribution is 0.410. The van der Waals surface area contributed by atoms with Crippen molar-refractivity contribution in [3.05, 3.63) is 64.1 Å². The Morgan fingerprint density at radius 2 is 1.79 bits per heavy atom. The van der Waals surface area contributed by atoms with Crippen LogP contribution in [0, 0.1) is 0 Å². The third-order valence-corrected chi connectivity index (χ3v) is 4.85. The summed E-state index contributed by atoms with van der Waals surface area (Å²) >= 11 is 3.48. The Labute approximate surface area is 148 Å². The zero-order valence-electron chi connectivity index (χ0n) is 13.1. The lowest BCUT2D eigenvalue weighted by Gasteiger charge is -2.31. The Bertz CT molecular complexity index is 831. The fourth-order valence-electron chi connectivity index (χ4n) is 3.05. The van der Waals surface area contributed by atoms with Crippen LogP contribution in [0.5, 0.6) is 5.75 Å². The highest BCUT2D eigenvalue weighted by atomic mass is 79.9. The second-order valence-corrected chi connectivity index (χ2v) is 6.64. The SMILES string of the molecule is COc1ccc([C@H]2C[C@@H](c3ccc(Br)cc3)Nc3nnnn32)cc1. The number of methoxy groups -OCH3 is 1. The van der Waals surface area contributed by atoms with E-state index in [9.17, 15) is 0 Å². The summed E-state index contributed by atoms with van der Waals surface area (Å²) in [6.07, 6.45) is 0.867. The van der Waals surface area contributed by atoms with Gasteiger partial charge >= 0.3 is 0 Å². The van der Waals surface area contributed by atoms with Crippen LogP contribution in [0.4, 0.5) is 5.95 Å². The maximum atomic E-state index is 5.25. The van der Waals surface area contributed by atoms with Gasteiger partial charge in [0.1, 0.15) is 5.75 Å². The van der Waals surface area contributed by atoms with E-state index in [1.165, 1.54) is 5.56 Å². The highest BCUT2D eigenvalue weighted by Gasteiger charge is 2.30. The lowest BCUT2D eigenvalue weighted by atomic mass is 9.93. The summed E-state index contributed by atoms with van der Waals surface area (Å²) in [5.74, 6) is 1.53. The van der Waals surface area contributed by atoms with Gasteiger partial charge in [-0.1, -0.05) is 45.3 Å². The van der Waals surface area contributed by atoms with Gasteiger partial charge in [-0.25, -0.2) is 4.68 Å². The number of benzene rings is 2. The summed E-state index contributed by atoms with van der Waals surface area (Å²) in [4.78, 5) is 0. The first-order chi connectivity index (χ1) is 11.7. The third-order valence-electron chi connectivity index (χ3n) is 4.32. The Balaban J connectivity index is 1.69. The topological polar surface area (TPSA) is 64.9 Å². The predicted octanol–water partition coefficient (Wildman–Crippen LogP) is 3.59. The number of hydrogen-bond acceptors (Lipinski definition) is 5. The van der Waals surface area contributed by atoms with E-state index in [1.54, 1.807) is 7.11 Å². The number of ether oxygens (including phenoxy) is 1. The van der Waals surface area contributed by atoms with Crippen LogP contribution in [0.2, 0.25) is 0 Å². The minimum absolute atomic E-state index is 0.0794. The fourth-order valence-corrected chi connectivity index (χ4v) is 3.32. The summed E-state index contributed by atoms with van der Waals surface area (Å²) in [5, 5.41) is 15.5. The van der Waals surface area contributed by atoms with E-state index in [0.717, 1.165) is 22.2 Å². The molecule has 1 aliphatic rings. The molecule has 3 aromatic rings. The summed E-state index contributed by atoms with van der Waals surface area (Å²) in [5.41, 5.74) is 2.37. The number of halogens is 1. The normalized spacial score (nSPS) is 19.4. The molecule has 7 heteroatoms. The van der Waals surface area contributed by atoms with Gasteiger partial charge in [-0.05, 0) is 52.2 Å². The van der Waals surface area contributed by atoms with E-state index in [4.69, 9.17) is 4.74 Å². The number of anilines is 1. The zero-order valence-corrected chi connectivity index (χ0v) is 14.6. The van der Waals surface area contributed by atoms with Gasteiger partial charge in [0.05, 0.1) is 19.2 Å². The first-order valence-electron chi connectivity index (χ1n) is 7.68. The Hall–Kier alpha value is -2.41. The second-order valence-electron chi connectivity index (χ2n) is 5.72. The van der Waals surface area contributed by atoms with Crippen molar-refractivity contribution in [3.63, 3.8) is 0 Å². The second kappa shape index (κ2) is 6.24. The number of nitrogens with zero attached hydrogens (tertiary/aromatic N) is 4. The molecule has 2 heterocycles. The molecule has 0 spiro atoms. The number of nitrogens with one attached hydrogen (secondary N) is 1. The molecule has 0 unspecified atom stereocenters. The Morgan fingerprint density at radius 1 is 1.08 bits per heavy atom. The standard InChI is InChI=1S/C17H16BrN5O/c1-24-14-8-4-12(5-9-14)16-10-15(11-2-6-13(18)7-3-11)19-17-20-21-22-23(16)17/h2-9,15-16H,10H2,1H3,(H,19,20,22)/t15-,16+/m0/s1. The maximum absolute atomic E-state index is 5.25. The third kappa shape index (κ3) is 2.75. The molecule has 0 bridgehead atoms. The van der Waals surface area contributed by atoms with Crippen molar-refractivity contribution >= 4 is 21.9 Å². The van der Waals surface area contributed by atoms with Gasteiger partial charge in [0.25, 0.3) is 0 Å². The summed E-state index contributed by atoms with van der Waals surface area (Å²) in [7, 11) is 1.67. The monoisotopic (exact) mass is 385 g/mol. The minimum atomic E-state index is 0.0794. The smallest absolute Gasteiger partial charge is 0.243 e. The van der Waals surface area contributed by atoms with Crippen molar-refractivity contribution in [1.29, 1.82) is 0 Å². The van der Waals surface area contributed by atoms with Gasteiger partial charge in [-0.3, -0.25) is 0 Å². The van der Waals surface area contributed by atoms with Crippen molar-refractivity contribution in [2.24, 2.45) is 0 Å². The van der Waals surface area contributed by atoms with Gasteiger partial charge in [0, 0.05) is 4.47 Å². The van der Waals surface area contributed by atoms with Gasteiger partial charge < -0.3 is 10.1 Å². The average molecular weight is 386 g/mol. The van der Waals surface area contributed by atoms with Crippen LogP contribution in [0.15, 0.2) is 53.0 Å². The first-order valence-corrected chi connectivity index (χ1v) is 8.48. The molecule has 6 nitrogen and oxygen atoms in total.